The molecule has 0 bridgehead atoms. The number of likely N-dealkylation sites (tertiary alicyclic amines) is 2. The van der Waals surface area contributed by atoms with E-state index < -0.39 is 0 Å². The summed E-state index contributed by atoms with van der Waals surface area (Å²) in [6, 6.07) is 6.03. The predicted octanol–water partition coefficient (Wildman–Crippen LogP) is 4.65. The summed E-state index contributed by atoms with van der Waals surface area (Å²) in [4.78, 5) is 29.9. The number of hydrogen-bond donors (Lipinski definition) is 0. The van der Waals surface area contributed by atoms with Crippen LogP contribution in [0.3, 0.4) is 0 Å². The molecule has 172 valence electrons. The molecule has 2 aliphatic rings. The van der Waals surface area contributed by atoms with Crippen LogP contribution in [0, 0.1) is 17.2 Å². The maximum Gasteiger partial charge on any atom is 0.225 e. The quantitative estimate of drug-likeness (QED) is 0.601. The number of halogens is 1. The molecule has 5 nitrogen and oxygen atoms in total. The molecule has 2 aliphatic heterocycles. The molecule has 6 heteroatoms. The highest BCUT2D eigenvalue weighted by Gasteiger charge is 2.40. The minimum Gasteiger partial charge on any atom is -0.493 e. The van der Waals surface area contributed by atoms with Crippen LogP contribution in [0.15, 0.2) is 24.3 Å². The average Bonchev–Trinajstić information content (AvgIpc) is 2.80. The second-order valence-electron chi connectivity index (χ2n) is 9.20. The van der Waals surface area contributed by atoms with Crippen LogP contribution in [0.2, 0.25) is 0 Å². The number of piperidine rings is 2. The average molecular weight is 433 g/mol. The Labute approximate surface area is 185 Å². The molecule has 3 rings (SSSR count). The van der Waals surface area contributed by atoms with Crippen LogP contribution < -0.4 is 4.74 Å². The van der Waals surface area contributed by atoms with Crippen LogP contribution in [0.1, 0.15) is 65.2 Å². The molecule has 1 aromatic carbocycles. The predicted molar refractivity (Wildman–Crippen MR) is 119 cm³/mol. The van der Waals surface area contributed by atoms with E-state index in [1.165, 1.54) is 18.6 Å². The second kappa shape index (κ2) is 11.0. The summed E-state index contributed by atoms with van der Waals surface area (Å²) < 4.78 is 19.3. The molecule has 0 atom stereocenters. The first-order valence-electron chi connectivity index (χ1n) is 11.9. The third-order valence-electron chi connectivity index (χ3n) is 7.06. The van der Waals surface area contributed by atoms with Crippen molar-refractivity contribution in [3.8, 4) is 5.75 Å². The van der Waals surface area contributed by atoms with Crippen LogP contribution in [0.25, 0.3) is 0 Å². The number of rotatable bonds is 8. The van der Waals surface area contributed by atoms with E-state index in [2.05, 4.69) is 13.8 Å². The van der Waals surface area contributed by atoms with E-state index in [-0.39, 0.29) is 29.0 Å². The maximum atomic E-state index is 13.2. The first-order valence-corrected chi connectivity index (χ1v) is 11.9. The maximum absolute atomic E-state index is 13.2. The Morgan fingerprint density at radius 2 is 1.58 bits per heavy atom. The fourth-order valence-corrected chi connectivity index (χ4v) is 4.81. The summed E-state index contributed by atoms with van der Waals surface area (Å²) in [6.07, 6.45) is 7.00. The molecule has 0 aliphatic carbocycles. The van der Waals surface area contributed by atoms with Crippen molar-refractivity contribution in [2.24, 2.45) is 11.3 Å². The summed E-state index contributed by atoms with van der Waals surface area (Å²) in [7, 11) is 0. The van der Waals surface area contributed by atoms with Gasteiger partial charge in [0.05, 0.1) is 6.61 Å². The van der Waals surface area contributed by atoms with Crippen molar-refractivity contribution in [1.82, 2.24) is 9.80 Å². The highest BCUT2D eigenvalue weighted by atomic mass is 19.1. The van der Waals surface area contributed by atoms with Crippen molar-refractivity contribution >= 4 is 11.8 Å². The molecule has 2 saturated heterocycles. The lowest BCUT2D eigenvalue weighted by molar-refractivity contribution is -0.141. The minimum absolute atomic E-state index is 0.0814. The van der Waals surface area contributed by atoms with Crippen molar-refractivity contribution in [2.75, 3.05) is 32.8 Å². The third kappa shape index (κ3) is 6.20. The van der Waals surface area contributed by atoms with E-state index in [1.807, 2.05) is 9.80 Å². The largest absolute Gasteiger partial charge is 0.493 e. The van der Waals surface area contributed by atoms with Gasteiger partial charge >= 0.3 is 0 Å². The zero-order valence-electron chi connectivity index (χ0n) is 19.1. The fraction of sp³-hybridized carbons (Fsp3) is 0.680. The molecule has 2 heterocycles. The zero-order chi connectivity index (χ0) is 22.3. The van der Waals surface area contributed by atoms with Gasteiger partial charge in [0.15, 0.2) is 0 Å². The topological polar surface area (TPSA) is 49.9 Å². The van der Waals surface area contributed by atoms with Gasteiger partial charge in [0, 0.05) is 43.9 Å². The minimum atomic E-state index is -0.298. The van der Waals surface area contributed by atoms with Crippen LogP contribution >= 0.6 is 0 Å². The molecule has 0 saturated carbocycles. The van der Waals surface area contributed by atoms with E-state index in [9.17, 15) is 14.0 Å². The van der Waals surface area contributed by atoms with Crippen LogP contribution in [0.4, 0.5) is 4.39 Å². The Kier molecular flexibility index (Phi) is 8.33. The van der Waals surface area contributed by atoms with Gasteiger partial charge in [-0.15, -0.1) is 0 Å². The third-order valence-corrected chi connectivity index (χ3v) is 7.06. The Bertz CT molecular complexity index is 719. The van der Waals surface area contributed by atoms with Gasteiger partial charge in [-0.2, -0.15) is 0 Å². The lowest BCUT2D eigenvalue weighted by atomic mass is 9.75. The fourth-order valence-electron chi connectivity index (χ4n) is 4.81. The lowest BCUT2D eigenvalue weighted by Gasteiger charge is -2.43. The number of benzene rings is 1. The number of carbonyl (C=O) groups excluding carboxylic acids is 2. The van der Waals surface area contributed by atoms with Gasteiger partial charge in [0.25, 0.3) is 0 Å². The van der Waals surface area contributed by atoms with Crippen molar-refractivity contribution < 1.29 is 18.7 Å². The lowest BCUT2D eigenvalue weighted by Crippen LogP contribution is -2.49. The first-order chi connectivity index (χ1) is 15.0. The SMILES string of the molecule is CCC(CC)C(=O)N1CCC(COc2ccc(F)cc2)(CC(=O)N2CCCCC2)CC1. The van der Waals surface area contributed by atoms with Crippen molar-refractivity contribution in [2.45, 2.75) is 65.2 Å². The second-order valence-corrected chi connectivity index (χ2v) is 9.20. The standard InChI is InChI=1S/C25H37FN2O3/c1-3-20(4-2)24(30)28-16-12-25(13-17-28,18-23(29)27-14-6-5-7-15-27)19-31-22-10-8-21(26)9-11-22/h8-11,20H,3-7,12-19H2,1-2H3. The van der Waals surface area contributed by atoms with E-state index in [1.54, 1.807) is 12.1 Å². The molecule has 2 fully saturated rings. The van der Waals surface area contributed by atoms with E-state index in [0.29, 0.717) is 31.9 Å². The number of amides is 2. The molecule has 0 N–H and O–H groups in total. The molecular formula is C25H37FN2O3. The first kappa shape index (κ1) is 23.6. The van der Waals surface area contributed by atoms with E-state index in [4.69, 9.17) is 4.74 Å². The summed E-state index contributed by atoms with van der Waals surface area (Å²) in [5.74, 6) is 0.831. The Hall–Kier alpha value is -2.11. The van der Waals surface area contributed by atoms with Gasteiger partial charge in [0.1, 0.15) is 11.6 Å². The van der Waals surface area contributed by atoms with Crippen LogP contribution in [0.5, 0.6) is 5.75 Å². The molecule has 1 aromatic rings. The summed E-state index contributed by atoms with van der Waals surface area (Å²) in [5, 5.41) is 0. The number of hydrogen-bond acceptors (Lipinski definition) is 3. The normalized spacial score (nSPS) is 18.8. The number of carbonyl (C=O) groups is 2. The van der Waals surface area contributed by atoms with Gasteiger partial charge in [-0.25, -0.2) is 4.39 Å². The van der Waals surface area contributed by atoms with E-state index in [0.717, 1.165) is 51.6 Å². The Balaban J connectivity index is 1.68. The van der Waals surface area contributed by atoms with Gasteiger partial charge in [-0.1, -0.05) is 13.8 Å². The summed E-state index contributed by atoms with van der Waals surface area (Å²) >= 11 is 0. The Morgan fingerprint density at radius 1 is 0.968 bits per heavy atom. The van der Waals surface area contributed by atoms with Gasteiger partial charge < -0.3 is 14.5 Å². The van der Waals surface area contributed by atoms with Crippen molar-refractivity contribution in [3.05, 3.63) is 30.1 Å². The monoisotopic (exact) mass is 432 g/mol. The van der Waals surface area contributed by atoms with Crippen molar-refractivity contribution in [1.29, 1.82) is 0 Å². The molecule has 31 heavy (non-hydrogen) atoms. The summed E-state index contributed by atoms with van der Waals surface area (Å²) in [6.45, 7) is 7.54. The number of ether oxygens (including phenoxy) is 1. The van der Waals surface area contributed by atoms with Crippen LogP contribution in [-0.2, 0) is 9.59 Å². The molecule has 0 aromatic heterocycles. The Morgan fingerprint density at radius 3 is 2.16 bits per heavy atom. The molecular weight excluding hydrogens is 395 g/mol. The zero-order valence-corrected chi connectivity index (χ0v) is 19.1. The van der Waals surface area contributed by atoms with Crippen molar-refractivity contribution in [3.63, 3.8) is 0 Å². The highest BCUT2D eigenvalue weighted by molar-refractivity contribution is 5.79. The van der Waals surface area contributed by atoms with E-state index >= 15 is 0 Å². The van der Waals surface area contributed by atoms with Gasteiger partial charge in [-0.05, 0) is 69.2 Å². The number of nitrogens with zero attached hydrogens (tertiary/aromatic N) is 2. The van der Waals surface area contributed by atoms with Crippen LogP contribution in [-0.4, -0.2) is 54.4 Å². The molecule has 0 radical (unpaired) electrons. The highest BCUT2D eigenvalue weighted by Crippen LogP contribution is 2.37. The van der Waals surface area contributed by atoms with Gasteiger partial charge in [0.2, 0.25) is 11.8 Å². The molecule has 0 unspecified atom stereocenters. The molecule has 2 amide bonds. The summed E-state index contributed by atoms with van der Waals surface area (Å²) in [5.41, 5.74) is -0.298. The molecule has 0 spiro atoms. The smallest absolute Gasteiger partial charge is 0.225 e. The van der Waals surface area contributed by atoms with Gasteiger partial charge in [-0.3, -0.25) is 9.59 Å².